The van der Waals surface area contributed by atoms with E-state index in [-0.39, 0.29) is 5.41 Å². The van der Waals surface area contributed by atoms with Gasteiger partial charge < -0.3 is 14.8 Å². The van der Waals surface area contributed by atoms with Crippen LogP contribution in [0.4, 0.5) is 5.13 Å². The Hall–Kier alpha value is -1.73. The first-order valence-corrected chi connectivity index (χ1v) is 13.1. The highest BCUT2D eigenvalue weighted by Gasteiger charge is 2.32. The molecule has 0 aliphatic heterocycles. The van der Waals surface area contributed by atoms with Gasteiger partial charge in [-0.05, 0) is 31.4 Å². The van der Waals surface area contributed by atoms with E-state index in [0.29, 0.717) is 21.6 Å². The molecule has 0 unspecified atom stereocenters. The van der Waals surface area contributed by atoms with Gasteiger partial charge in [0, 0.05) is 5.41 Å². The lowest BCUT2D eigenvalue weighted by molar-refractivity contribution is 0.344. The number of methoxy groups -OCH3 is 2. The summed E-state index contributed by atoms with van der Waals surface area (Å²) in [6.07, 6.45) is 12.6. The SMILES string of the molecule is CCCCCCCCCC(CC)(CC)c1nnc(NC(=S)c2c(OC)cccc2OC)s1. The van der Waals surface area contributed by atoms with Crippen LogP contribution in [0.15, 0.2) is 18.2 Å². The van der Waals surface area contributed by atoms with Crippen LogP contribution in [-0.2, 0) is 5.41 Å². The largest absolute Gasteiger partial charge is 0.496 e. The first-order chi connectivity index (χ1) is 15.5. The predicted molar refractivity (Wildman–Crippen MR) is 140 cm³/mol. The molecular weight excluding hydrogens is 438 g/mol. The Bertz CT molecular complexity index is 812. The van der Waals surface area contributed by atoms with Gasteiger partial charge in [-0.15, -0.1) is 10.2 Å². The number of unbranched alkanes of at least 4 members (excludes halogenated alkanes) is 6. The molecule has 1 N–H and O–H groups in total. The second kappa shape index (κ2) is 13.7. The molecule has 0 amide bonds. The van der Waals surface area contributed by atoms with Gasteiger partial charge in [-0.3, -0.25) is 0 Å². The maximum atomic E-state index is 5.67. The van der Waals surface area contributed by atoms with Gasteiger partial charge in [0.15, 0.2) is 0 Å². The van der Waals surface area contributed by atoms with Gasteiger partial charge in [-0.1, -0.05) is 95.3 Å². The molecule has 0 spiro atoms. The molecule has 7 heteroatoms. The second-order valence-electron chi connectivity index (χ2n) is 8.26. The third-order valence-corrected chi connectivity index (χ3v) is 7.76. The molecule has 0 aliphatic rings. The Morgan fingerprint density at radius 3 is 2.09 bits per heavy atom. The monoisotopic (exact) mass is 477 g/mol. The average Bonchev–Trinajstić information content (AvgIpc) is 3.29. The van der Waals surface area contributed by atoms with Crippen LogP contribution in [0.1, 0.15) is 95.6 Å². The Kier molecular flexibility index (Phi) is 11.4. The zero-order valence-electron chi connectivity index (χ0n) is 20.3. The van der Waals surface area contributed by atoms with Crippen molar-refractivity contribution in [3.05, 3.63) is 28.8 Å². The molecule has 5 nitrogen and oxygen atoms in total. The summed E-state index contributed by atoms with van der Waals surface area (Å²) in [5.41, 5.74) is 0.815. The molecule has 0 saturated heterocycles. The molecule has 1 aromatic heterocycles. The van der Waals surface area contributed by atoms with Crippen LogP contribution >= 0.6 is 23.6 Å². The van der Waals surface area contributed by atoms with Gasteiger partial charge in [0.05, 0.1) is 19.8 Å². The van der Waals surface area contributed by atoms with Gasteiger partial charge in [-0.25, -0.2) is 0 Å². The smallest absolute Gasteiger partial charge is 0.210 e. The van der Waals surface area contributed by atoms with Gasteiger partial charge in [-0.2, -0.15) is 0 Å². The van der Waals surface area contributed by atoms with Crippen LogP contribution in [-0.4, -0.2) is 29.4 Å². The molecule has 32 heavy (non-hydrogen) atoms. The van der Waals surface area contributed by atoms with Gasteiger partial charge in [0.2, 0.25) is 5.13 Å². The van der Waals surface area contributed by atoms with Crippen molar-refractivity contribution < 1.29 is 9.47 Å². The fourth-order valence-corrected chi connectivity index (χ4v) is 5.63. The highest BCUT2D eigenvalue weighted by molar-refractivity contribution is 7.81. The highest BCUT2D eigenvalue weighted by Crippen LogP contribution is 2.40. The van der Waals surface area contributed by atoms with Gasteiger partial charge >= 0.3 is 0 Å². The number of hydrogen-bond donors (Lipinski definition) is 1. The summed E-state index contributed by atoms with van der Waals surface area (Å²) in [7, 11) is 3.26. The number of rotatable bonds is 15. The number of aromatic nitrogens is 2. The van der Waals surface area contributed by atoms with Crippen molar-refractivity contribution in [1.82, 2.24) is 10.2 Å². The van der Waals surface area contributed by atoms with Crippen LogP contribution in [0.2, 0.25) is 0 Å². The van der Waals surface area contributed by atoms with Crippen molar-refractivity contribution >= 4 is 33.7 Å². The molecule has 2 rings (SSSR count). The lowest BCUT2D eigenvalue weighted by atomic mass is 9.78. The van der Waals surface area contributed by atoms with E-state index in [1.807, 2.05) is 18.2 Å². The fourth-order valence-electron chi connectivity index (χ4n) is 4.16. The molecule has 1 aromatic carbocycles. The zero-order chi connectivity index (χ0) is 23.4. The van der Waals surface area contributed by atoms with Gasteiger partial charge in [0.1, 0.15) is 21.5 Å². The molecule has 0 bridgehead atoms. The minimum atomic E-state index is 0.0881. The zero-order valence-corrected chi connectivity index (χ0v) is 22.0. The molecule has 178 valence electrons. The number of nitrogens with one attached hydrogen (secondary N) is 1. The van der Waals surface area contributed by atoms with Crippen molar-refractivity contribution in [1.29, 1.82) is 0 Å². The Balaban J connectivity index is 2.06. The third kappa shape index (κ3) is 6.88. The molecule has 2 aromatic rings. The summed E-state index contributed by atoms with van der Waals surface area (Å²) < 4.78 is 11.0. The van der Waals surface area contributed by atoms with E-state index in [2.05, 4.69) is 36.3 Å². The molecule has 0 atom stereocenters. The number of thiocarbonyl (C=S) groups is 1. The van der Waals surface area contributed by atoms with Crippen LogP contribution in [0, 0.1) is 0 Å². The standard InChI is InChI=1S/C25H39N3O2S2/c1-6-9-10-11-12-13-14-18-25(7-2,8-3)23-27-28-24(32-23)26-22(31)21-19(29-4)16-15-17-20(21)30-5/h15-17H,6-14,18H2,1-5H3,(H,26,28,31). The molecular formula is C25H39N3O2S2. The van der Waals surface area contributed by atoms with E-state index in [0.717, 1.165) is 29.8 Å². The molecule has 1 heterocycles. The van der Waals surface area contributed by atoms with Crippen LogP contribution in [0.25, 0.3) is 0 Å². The minimum absolute atomic E-state index is 0.0881. The summed E-state index contributed by atoms with van der Waals surface area (Å²) >= 11 is 7.28. The molecule has 0 radical (unpaired) electrons. The van der Waals surface area contributed by atoms with Crippen LogP contribution in [0.3, 0.4) is 0 Å². The van der Waals surface area contributed by atoms with Crippen molar-refractivity contribution in [3.63, 3.8) is 0 Å². The quantitative estimate of drug-likeness (QED) is 0.211. The van der Waals surface area contributed by atoms with E-state index >= 15 is 0 Å². The number of anilines is 1. The Labute approximate surface area is 203 Å². The van der Waals surface area contributed by atoms with E-state index in [4.69, 9.17) is 21.7 Å². The molecule has 0 saturated carbocycles. The summed E-state index contributed by atoms with van der Waals surface area (Å²) in [6.45, 7) is 6.80. The lowest BCUT2D eigenvalue weighted by Crippen LogP contribution is -2.24. The maximum Gasteiger partial charge on any atom is 0.210 e. The third-order valence-electron chi connectivity index (χ3n) is 6.37. The number of nitrogens with zero attached hydrogens (tertiary/aromatic N) is 2. The Morgan fingerprint density at radius 2 is 1.53 bits per heavy atom. The summed E-state index contributed by atoms with van der Waals surface area (Å²) in [6, 6.07) is 5.63. The van der Waals surface area contributed by atoms with Crippen LogP contribution in [0.5, 0.6) is 11.5 Å². The number of hydrogen-bond acceptors (Lipinski definition) is 6. The first kappa shape index (κ1) is 26.5. The molecule has 0 fully saturated rings. The maximum absolute atomic E-state index is 5.67. The first-order valence-electron chi connectivity index (χ1n) is 11.9. The highest BCUT2D eigenvalue weighted by atomic mass is 32.1. The van der Waals surface area contributed by atoms with Crippen molar-refractivity contribution in [2.24, 2.45) is 0 Å². The van der Waals surface area contributed by atoms with Crippen molar-refractivity contribution in [3.8, 4) is 11.5 Å². The van der Waals surface area contributed by atoms with E-state index in [1.165, 1.54) is 44.9 Å². The second-order valence-corrected chi connectivity index (χ2v) is 9.65. The van der Waals surface area contributed by atoms with E-state index in [9.17, 15) is 0 Å². The van der Waals surface area contributed by atoms with Crippen LogP contribution < -0.4 is 14.8 Å². The van der Waals surface area contributed by atoms with Gasteiger partial charge in [0.25, 0.3) is 0 Å². The summed E-state index contributed by atoms with van der Waals surface area (Å²) in [4.78, 5) is 0.521. The fraction of sp³-hybridized carbons (Fsp3) is 0.640. The molecule has 0 aliphatic carbocycles. The average molecular weight is 478 g/mol. The number of ether oxygens (including phenoxy) is 2. The van der Waals surface area contributed by atoms with Crippen molar-refractivity contribution in [2.75, 3.05) is 19.5 Å². The summed E-state index contributed by atoms with van der Waals surface area (Å²) in [5, 5.41) is 14.1. The summed E-state index contributed by atoms with van der Waals surface area (Å²) in [5.74, 6) is 1.34. The lowest BCUT2D eigenvalue weighted by Gasteiger charge is -2.29. The van der Waals surface area contributed by atoms with E-state index in [1.54, 1.807) is 25.6 Å². The normalized spacial score (nSPS) is 11.4. The minimum Gasteiger partial charge on any atom is -0.496 e. The van der Waals surface area contributed by atoms with E-state index < -0.39 is 0 Å². The van der Waals surface area contributed by atoms with Crippen molar-refractivity contribution in [2.45, 2.75) is 90.4 Å². The predicted octanol–water partition coefficient (Wildman–Crippen LogP) is 7.54. The number of benzene rings is 1. The Morgan fingerprint density at radius 1 is 0.938 bits per heavy atom. The topological polar surface area (TPSA) is 56.3 Å².